The summed E-state index contributed by atoms with van der Waals surface area (Å²) in [6, 6.07) is 12.2. The highest BCUT2D eigenvalue weighted by Crippen LogP contribution is 2.23. The number of carbonyl (C=O) groups is 2. The summed E-state index contributed by atoms with van der Waals surface area (Å²) in [7, 11) is 4.88. The number of thioether (sulfide) groups is 1. The molecule has 0 unspecified atom stereocenters. The smallest absolute Gasteiger partial charge is 0.287 e. The van der Waals surface area contributed by atoms with Gasteiger partial charge in [0.15, 0.2) is 5.82 Å². The molecule has 0 fully saturated rings. The lowest BCUT2D eigenvalue weighted by molar-refractivity contribution is 0.0940. The third-order valence-electron chi connectivity index (χ3n) is 4.05. The normalized spacial score (nSPS) is 10.6. The van der Waals surface area contributed by atoms with Gasteiger partial charge in [0.1, 0.15) is 5.75 Å². The Bertz CT molecular complexity index is 1130. The highest BCUT2D eigenvalue weighted by Gasteiger charge is 2.13. The third kappa shape index (κ3) is 4.94. The van der Waals surface area contributed by atoms with E-state index in [0.29, 0.717) is 21.5 Å². The van der Waals surface area contributed by atoms with Gasteiger partial charge in [-0.1, -0.05) is 12.1 Å². The summed E-state index contributed by atoms with van der Waals surface area (Å²) in [5.74, 6) is 0.124. The largest absolute Gasteiger partial charge is 0.497 e. The second kappa shape index (κ2) is 8.78. The first-order chi connectivity index (χ1) is 13.9. The number of hydrogen-bond donors (Lipinski definition) is 2. The zero-order chi connectivity index (χ0) is 21.0. The van der Waals surface area contributed by atoms with Gasteiger partial charge in [0.2, 0.25) is 0 Å². The Kier molecular flexibility index (Phi) is 6.18. The van der Waals surface area contributed by atoms with Crippen molar-refractivity contribution in [1.82, 2.24) is 20.2 Å². The number of H-pyrrole nitrogens is 1. The topological polar surface area (TPSA) is 104 Å². The van der Waals surface area contributed by atoms with Crippen LogP contribution in [0.5, 0.6) is 5.75 Å². The predicted molar refractivity (Wildman–Crippen MR) is 111 cm³/mol. The Morgan fingerprint density at radius 1 is 1.21 bits per heavy atom. The molecule has 2 N–H and O–H groups in total. The van der Waals surface area contributed by atoms with E-state index in [-0.39, 0.29) is 17.6 Å². The monoisotopic (exact) mass is 412 g/mol. The van der Waals surface area contributed by atoms with Crippen molar-refractivity contribution in [2.45, 2.75) is 11.4 Å². The van der Waals surface area contributed by atoms with E-state index < -0.39 is 11.5 Å². The lowest BCUT2D eigenvalue weighted by Gasteiger charge is -2.10. The zero-order valence-electron chi connectivity index (χ0n) is 16.2. The average Bonchev–Trinajstić information content (AvgIpc) is 2.72. The maximum atomic E-state index is 12.4. The van der Waals surface area contributed by atoms with Crippen LogP contribution in [0.2, 0.25) is 0 Å². The van der Waals surface area contributed by atoms with Crippen LogP contribution in [0, 0.1) is 0 Å². The van der Waals surface area contributed by atoms with E-state index in [4.69, 9.17) is 4.74 Å². The maximum Gasteiger partial charge on any atom is 0.287 e. The van der Waals surface area contributed by atoms with Gasteiger partial charge in [-0.3, -0.25) is 14.4 Å². The summed E-state index contributed by atoms with van der Waals surface area (Å²) in [4.78, 5) is 45.5. The molecule has 8 nitrogen and oxygen atoms in total. The number of hydrogen-bond acceptors (Lipinski definition) is 6. The van der Waals surface area contributed by atoms with Gasteiger partial charge < -0.3 is 19.9 Å². The number of nitrogens with zero attached hydrogens (tertiary/aromatic N) is 2. The molecule has 0 saturated carbocycles. The van der Waals surface area contributed by atoms with Gasteiger partial charge >= 0.3 is 0 Å². The van der Waals surface area contributed by atoms with Crippen LogP contribution in [-0.4, -0.2) is 47.2 Å². The van der Waals surface area contributed by atoms with Crippen molar-refractivity contribution in [2.24, 2.45) is 0 Å². The van der Waals surface area contributed by atoms with E-state index in [0.717, 1.165) is 17.3 Å². The lowest BCUT2D eigenvalue weighted by atomic mass is 10.2. The molecule has 1 aromatic heterocycles. The molecule has 150 valence electrons. The molecule has 3 rings (SSSR count). The van der Waals surface area contributed by atoms with Crippen molar-refractivity contribution < 1.29 is 14.3 Å². The summed E-state index contributed by atoms with van der Waals surface area (Å²) in [6.45, 7) is 0.264. The number of aromatic nitrogens is 2. The molecule has 0 aliphatic heterocycles. The van der Waals surface area contributed by atoms with Crippen LogP contribution >= 0.6 is 11.8 Å². The second-order valence-electron chi connectivity index (χ2n) is 6.39. The van der Waals surface area contributed by atoms with Crippen molar-refractivity contribution in [1.29, 1.82) is 0 Å². The molecule has 29 heavy (non-hydrogen) atoms. The maximum absolute atomic E-state index is 12.4. The van der Waals surface area contributed by atoms with Gasteiger partial charge in [0.25, 0.3) is 16.7 Å². The van der Waals surface area contributed by atoms with Crippen LogP contribution in [0.15, 0.2) is 52.2 Å². The van der Waals surface area contributed by atoms with Crippen LogP contribution in [0.4, 0.5) is 4.79 Å². The molecule has 2 aromatic carbocycles. The predicted octanol–water partition coefficient (Wildman–Crippen LogP) is 2.64. The fourth-order valence-corrected chi connectivity index (χ4v) is 3.23. The van der Waals surface area contributed by atoms with Gasteiger partial charge in [-0.05, 0) is 47.7 Å². The van der Waals surface area contributed by atoms with Crippen molar-refractivity contribution in [3.8, 4) is 5.75 Å². The van der Waals surface area contributed by atoms with Crippen LogP contribution in [0.1, 0.15) is 16.2 Å². The van der Waals surface area contributed by atoms with Crippen LogP contribution < -0.4 is 15.6 Å². The van der Waals surface area contributed by atoms with E-state index in [1.807, 2.05) is 24.3 Å². The minimum Gasteiger partial charge on any atom is -0.497 e. The van der Waals surface area contributed by atoms with Crippen molar-refractivity contribution in [2.75, 3.05) is 21.2 Å². The molecule has 3 aromatic rings. The molecule has 0 aliphatic rings. The van der Waals surface area contributed by atoms with Crippen molar-refractivity contribution >= 4 is 33.8 Å². The Labute approximate surface area is 171 Å². The number of ether oxygens (including phenoxy) is 1. The molecule has 0 saturated heterocycles. The van der Waals surface area contributed by atoms with Gasteiger partial charge in [0.05, 0.1) is 18.0 Å². The number of carbonyl (C=O) groups excluding carboxylic acids is 2. The second-order valence-corrected chi connectivity index (χ2v) is 7.41. The van der Waals surface area contributed by atoms with Gasteiger partial charge in [-0.25, -0.2) is 4.98 Å². The first-order valence-electron chi connectivity index (χ1n) is 8.71. The summed E-state index contributed by atoms with van der Waals surface area (Å²) in [5.41, 5.74) is 0.788. The van der Waals surface area contributed by atoms with Gasteiger partial charge in [-0.15, -0.1) is 0 Å². The number of amides is 2. The molecule has 9 heteroatoms. The quantitative estimate of drug-likeness (QED) is 0.625. The van der Waals surface area contributed by atoms with E-state index in [1.165, 1.54) is 4.90 Å². The van der Waals surface area contributed by atoms with E-state index in [1.54, 1.807) is 39.4 Å². The fraction of sp³-hybridized carbons (Fsp3) is 0.200. The lowest BCUT2D eigenvalue weighted by Crippen LogP contribution is -2.27. The number of fused-ring (bicyclic) bond motifs is 1. The van der Waals surface area contributed by atoms with Gasteiger partial charge in [-0.2, -0.15) is 0 Å². The molecule has 2 amide bonds. The third-order valence-corrected chi connectivity index (χ3v) is 5.08. The van der Waals surface area contributed by atoms with Crippen LogP contribution in [0.3, 0.4) is 0 Å². The summed E-state index contributed by atoms with van der Waals surface area (Å²) in [6.07, 6.45) is 0. The number of nitrogens with one attached hydrogen (secondary N) is 2. The Hall–Kier alpha value is -3.33. The van der Waals surface area contributed by atoms with Crippen LogP contribution in [0.25, 0.3) is 10.9 Å². The minimum absolute atomic E-state index is 0.0739. The van der Waals surface area contributed by atoms with Crippen LogP contribution in [-0.2, 0) is 6.54 Å². The molecule has 0 aliphatic carbocycles. The Morgan fingerprint density at radius 2 is 2.00 bits per heavy atom. The molecule has 1 heterocycles. The first-order valence-corrected chi connectivity index (χ1v) is 9.53. The number of methoxy groups -OCH3 is 1. The SMILES string of the molecule is COc1cccc(CNC(=O)c2nc3ccc(SC(=O)N(C)C)cc3c(=O)[nH]2)c1. The highest BCUT2D eigenvalue weighted by atomic mass is 32.2. The number of rotatable bonds is 5. The molecular formula is C20H20N4O4S. The summed E-state index contributed by atoms with van der Waals surface area (Å²) in [5, 5.41) is 2.89. The highest BCUT2D eigenvalue weighted by molar-refractivity contribution is 8.13. The molecule has 0 bridgehead atoms. The standard InChI is InChI=1S/C20H20N4O4S/c1-24(2)20(27)29-14-7-8-16-15(10-14)18(25)23-17(22-16)19(26)21-11-12-5-4-6-13(9-12)28-3/h4-10H,11H2,1-3H3,(H,21,26)(H,22,23,25). The zero-order valence-corrected chi connectivity index (χ0v) is 17.0. The van der Waals surface area contributed by atoms with E-state index in [2.05, 4.69) is 15.3 Å². The molecular weight excluding hydrogens is 392 g/mol. The Morgan fingerprint density at radius 3 is 2.72 bits per heavy atom. The van der Waals surface area contributed by atoms with E-state index in [9.17, 15) is 14.4 Å². The summed E-state index contributed by atoms with van der Waals surface area (Å²) < 4.78 is 5.16. The minimum atomic E-state index is -0.493. The van der Waals surface area contributed by atoms with Crippen molar-refractivity contribution in [3.05, 3.63) is 64.2 Å². The average molecular weight is 412 g/mol. The van der Waals surface area contributed by atoms with E-state index >= 15 is 0 Å². The molecule has 0 atom stereocenters. The molecule has 0 radical (unpaired) electrons. The Balaban J connectivity index is 1.78. The molecule has 0 spiro atoms. The number of benzene rings is 2. The summed E-state index contributed by atoms with van der Waals surface area (Å²) >= 11 is 1.01. The fourth-order valence-electron chi connectivity index (χ4n) is 2.53. The number of aromatic amines is 1. The first kappa shape index (κ1) is 20.4. The van der Waals surface area contributed by atoms with Crippen molar-refractivity contribution in [3.63, 3.8) is 0 Å². The van der Waals surface area contributed by atoms with Gasteiger partial charge in [0, 0.05) is 25.5 Å².